The molecule has 0 aromatic heterocycles. The molecular formula is C17H20N2O2. The molecule has 0 fully saturated rings. The van der Waals surface area contributed by atoms with Gasteiger partial charge in [0.05, 0.1) is 12.3 Å². The molecule has 0 saturated heterocycles. The first-order valence-corrected chi connectivity index (χ1v) is 6.87. The maximum atomic E-state index is 10.3. The van der Waals surface area contributed by atoms with Gasteiger partial charge in [0, 0.05) is 12.6 Å². The van der Waals surface area contributed by atoms with E-state index in [0.29, 0.717) is 5.56 Å². The second kappa shape index (κ2) is 6.90. The van der Waals surface area contributed by atoms with E-state index in [1.165, 1.54) is 0 Å². The molecule has 0 amide bonds. The molecular weight excluding hydrogens is 264 g/mol. The number of rotatable bonds is 5. The van der Waals surface area contributed by atoms with Gasteiger partial charge in [-0.05, 0) is 24.6 Å². The first-order chi connectivity index (χ1) is 10.1. The highest BCUT2D eigenvalue weighted by atomic mass is 16.3. The SMILES string of the molecule is C[C@@H]([C@H](O)c1ccccc1)N(C)/N=C/c1ccccc1O. The normalized spacial score (nSPS) is 14.0. The van der Waals surface area contributed by atoms with Gasteiger partial charge in [0.1, 0.15) is 11.9 Å². The molecule has 0 aliphatic rings. The molecule has 0 aliphatic heterocycles. The van der Waals surface area contributed by atoms with Gasteiger partial charge < -0.3 is 10.2 Å². The third-order valence-corrected chi connectivity index (χ3v) is 3.50. The third kappa shape index (κ3) is 3.83. The Morgan fingerprint density at radius 3 is 2.33 bits per heavy atom. The standard InChI is InChI=1S/C17H20N2O2/c1-13(17(21)14-8-4-3-5-9-14)19(2)18-12-15-10-6-7-11-16(15)20/h3-13,17,20-21H,1-2H3/b18-12+/t13-,17-/m0/s1. The summed E-state index contributed by atoms with van der Waals surface area (Å²) < 4.78 is 0. The minimum atomic E-state index is -0.627. The predicted molar refractivity (Wildman–Crippen MR) is 84.3 cm³/mol. The van der Waals surface area contributed by atoms with Crippen LogP contribution in [0.3, 0.4) is 0 Å². The summed E-state index contributed by atoms with van der Waals surface area (Å²) in [5.74, 6) is 0.186. The van der Waals surface area contributed by atoms with Gasteiger partial charge in [0.2, 0.25) is 0 Å². The van der Waals surface area contributed by atoms with E-state index in [9.17, 15) is 10.2 Å². The first kappa shape index (κ1) is 15.1. The highest BCUT2D eigenvalue weighted by Crippen LogP contribution is 2.20. The fourth-order valence-corrected chi connectivity index (χ4v) is 1.99. The Hall–Kier alpha value is -2.33. The number of para-hydroxylation sites is 1. The number of phenolic OH excluding ortho intramolecular Hbond substituents is 1. The summed E-state index contributed by atoms with van der Waals surface area (Å²) in [5, 5.41) is 26.0. The fraction of sp³-hybridized carbons (Fsp3) is 0.235. The fourth-order valence-electron chi connectivity index (χ4n) is 1.99. The molecule has 0 bridgehead atoms. The highest BCUT2D eigenvalue weighted by molar-refractivity contribution is 5.82. The smallest absolute Gasteiger partial charge is 0.124 e. The molecule has 2 rings (SSSR count). The Bertz CT molecular complexity index is 599. The second-order valence-electron chi connectivity index (χ2n) is 4.97. The van der Waals surface area contributed by atoms with Gasteiger partial charge in [-0.1, -0.05) is 42.5 Å². The molecule has 0 radical (unpaired) electrons. The maximum Gasteiger partial charge on any atom is 0.124 e. The zero-order chi connectivity index (χ0) is 15.2. The summed E-state index contributed by atoms with van der Waals surface area (Å²) in [6.45, 7) is 1.90. The molecule has 0 unspecified atom stereocenters. The molecule has 0 heterocycles. The van der Waals surface area contributed by atoms with E-state index in [-0.39, 0.29) is 11.8 Å². The van der Waals surface area contributed by atoms with Gasteiger partial charge in [-0.25, -0.2) is 0 Å². The summed E-state index contributed by atoms with van der Waals surface area (Å²) in [6, 6.07) is 16.3. The summed E-state index contributed by atoms with van der Waals surface area (Å²) in [7, 11) is 1.80. The van der Waals surface area contributed by atoms with Crippen LogP contribution < -0.4 is 0 Å². The highest BCUT2D eigenvalue weighted by Gasteiger charge is 2.19. The Kier molecular flexibility index (Phi) is 4.95. The Labute approximate surface area is 125 Å². The molecule has 2 aromatic carbocycles. The van der Waals surface area contributed by atoms with Crippen molar-refractivity contribution in [2.75, 3.05) is 7.05 Å². The van der Waals surface area contributed by atoms with Crippen LogP contribution in [0.15, 0.2) is 59.7 Å². The van der Waals surface area contributed by atoms with Crippen LogP contribution in [0.2, 0.25) is 0 Å². The van der Waals surface area contributed by atoms with Crippen molar-refractivity contribution in [3.05, 3.63) is 65.7 Å². The minimum absolute atomic E-state index is 0.186. The van der Waals surface area contributed by atoms with Crippen LogP contribution in [-0.2, 0) is 0 Å². The van der Waals surface area contributed by atoms with E-state index in [0.717, 1.165) is 5.56 Å². The zero-order valence-corrected chi connectivity index (χ0v) is 12.2. The number of hydrogen-bond acceptors (Lipinski definition) is 4. The van der Waals surface area contributed by atoms with Crippen molar-refractivity contribution in [2.45, 2.75) is 19.1 Å². The number of hydrogen-bond donors (Lipinski definition) is 2. The predicted octanol–water partition coefficient (Wildman–Crippen LogP) is 2.78. The zero-order valence-electron chi connectivity index (χ0n) is 12.2. The lowest BCUT2D eigenvalue weighted by molar-refractivity contribution is 0.0748. The molecule has 21 heavy (non-hydrogen) atoms. The maximum absolute atomic E-state index is 10.3. The number of nitrogens with zero attached hydrogens (tertiary/aromatic N) is 2. The van der Waals surface area contributed by atoms with Crippen LogP contribution in [0.1, 0.15) is 24.2 Å². The van der Waals surface area contributed by atoms with E-state index < -0.39 is 6.10 Å². The number of likely N-dealkylation sites (N-methyl/N-ethyl adjacent to an activating group) is 1. The second-order valence-corrected chi connectivity index (χ2v) is 4.97. The van der Waals surface area contributed by atoms with E-state index in [4.69, 9.17) is 0 Å². The topological polar surface area (TPSA) is 56.1 Å². The molecule has 2 atom stereocenters. The number of benzene rings is 2. The van der Waals surface area contributed by atoms with E-state index >= 15 is 0 Å². The van der Waals surface area contributed by atoms with Crippen LogP contribution in [0.4, 0.5) is 0 Å². The number of aliphatic hydroxyl groups excluding tert-OH is 1. The van der Waals surface area contributed by atoms with Gasteiger partial charge in [-0.15, -0.1) is 0 Å². The lowest BCUT2D eigenvalue weighted by atomic mass is 10.0. The number of aromatic hydroxyl groups is 1. The average Bonchev–Trinajstić information content (AvgIpc) is 2.53. The first-order valence-electron chi connectivity index (χ1n) is 6.87. The average molecular weight is 284 g/mol. The summed E-state index contributed by atoms with van der Waals surface area (Å²) in [5.41, 5.74) is 1.50. The Balaban J connectivity index is 2.06. The van der Waals surface area contributed by atoms with E-state index in [1.54, 1.807) is 36.5 Å². The summed E-state index contributed by atoms with van der Waals surface area (Å²) in [6.07, 6.45) is 0.960. The van der Waals surface area contributed by atoms with Crippen molar-refractivity contribution in [2.24, 2.45) is 5.10 Å². The minimum Gasteiger partial charge on any atom is -0.507 e. The molecule has 4 heteroatoms. The quantitative estimate of drug-likeness (QED) is 0.655. The molecule has 0 aliphatic carbocycles. The van der Waals surface area contributed by atoms with Crippen molar-refractivity contribution >= 4 is 6.21 Å². The van der Waals surface area contributed by atoms with Crippen molar-refractivity contribution < 1.29 is 10.2 Å². The lowest BCUT2D eigenvalue weighted by Gasteiger charge is -2.26. The summed E-state index contributed by atoms with van der Waals surface area (Å²) >= 11 is 0. The van der Waals surface area contributed by atoms with E-state index in [1.807, 2.05) is 43.3 Å². The van der Waals surface area contributed by atoms with Crippen LogP contribution in [-0.4, -0.2) is 34.5 Å². The van der Waals surface area contributed by atoms with Gasteiger partial charge in [-0.2, -0.15) is 5.10 Å². The van der Waals surface area contributed by atoms with Crippen LogP contribution in [0.5, 0.6) is 5.75 Å². The molecule has 4 nitrogen and oxygen atoms in total. The third-order valence-electron chi connectivity index (χ3n) is 3.50. The van der Waals surface area contributed by atoms with Gasteiger partial charge in [-0.3, -0.25) is 5.01 Å². The Morgan fingerprint density at radius 1 is 1.05 bits per heavy atom. The monoisotopic (exact) mass is 284 g/mol. The van der Waals surface area contributed by atoms with Crippen molar-refractivity contribution in [1.82, 2.24) is 5.01 Å². The van der Waals surface area contributed by atoms with Gasteiger partial charge >= 0.3 is 0 Å². The van der Waals surface area contributed by atoms with Gasteiger partial charge in [0.15, 0.2) is 0 Å². The largest absolute Gasteiger partial charge is 0.507 e. The van der Waals surface area contributed by atoms with Crippen LogP contribution in [0.25, 0.3) is 0 Å². The number of phenols is 1. The molecule has 0 saturated carbocycles. The molecule has 2 N–H and O–H groups in total. The van der Waals surface area contributed by atoms with Crippen molar-refractivity contribution in [3.8, 4) is 5.75 Å². The molecule has 110 valence electrons. The van der Waals surface area contributed by atoms with Crippen molar-refractivity contribution in [1.29, 1.82) is 0 Å². The van der Waals surface area contributed by atoms with Crippen LogP contribution in [0, 0.1) is 0 Å². The summed E-state index contributed by atoms with van der Waals surface area (Å²) in [4.78, 5) is 0. The lowest BCUT2D eigenvalue weighted by Crippen LogP contribution is -2.30. The van der Waals surface area contributed by atoms with E-state index in [2.05, 4.69) is 5.10 Å². The molecule has 2 aromatic rings. The van der Waals surface area contributed by atoms with Crippen molar-refractivity contribution in [3.63, 3.8) is 0 Å². The van der Waals surface area contributed by atoms with Gasteiger partial charge in [0.25, 0.3) is 0 Å². The van der Waals surface area contributed by atoms with Crippen LogP contribution >= 0.6 is 0 Å². The Morgan fingerprint density at radius 2 is 1.67 bits per heavy atom. The number of aliphatic hydroxyl groups is 1. The molecule has 0 spiro atoms. The number of hydrazone groups is 1.